The zero-order valence-corrected chi connectivity index (χ0v) is 14.9. The molecule has 0 saturated carbocycles. The number of nitrogens with one attached hydrogen (secondary N) is 1. The molecule has 0 unspecified atom stereocenters. The van der Waals surface area contributed by atoms with Crippen LogP contribution in [-0.2, 0) is 10.0 Å². The summed E-state index contributed by atoms with van der Waals surface area (Å²) >= 11 is 0. The molecule has 0 aliphatic carbocycles. The molecule has 10 nitrogen and oxygen atoms in total. The van der Waals surface area contributed by atoms with Gasteiger partial charge >= 0.3 is 5.97 Å². The van der Waals surface area contributed by atoms with E-state index in [1.807, 2.05) is 0 Å². The van der Waals surface area contributed by atoms with Gasteiger partial charge in [-0.15, -0.1) is 5.10 Å². The minimum Gasteiger partial charge on any atom is -0.481 e. The first-order valence-electron chi connectivity index (χ1n) is 7.36. The van der Waals surface area contributed by atoms with E-state index >= 15 is 0 Å². The van der Waals surface area contributed by atoms with Gasteiger partial charge in [-0.3, -0.25) is 4.72 Å². The fourth-order valence-electron chi connectivity index (χ4n) is 2.36. The molecule has 0 bridgehead atoms. The first-order chi connectivity index (χ1) is 12.2. The summed E-state index contributed by atoms with van der Waals surface area (Å²) in [5.74, 6) is -0.915. The number of para-hydroxylation sites is 1. The SMILES string of the molecule is COc1nc2nc(S(=O)(=O)Nc3c(C)cccc3C(=O)O)nn2cc1C. The standard InChI is InChI=1S/C15H15N5O5S/c1-8-5-4-6-10(13(21)22)11(8)19-26(23,24)15-17-14-16-12(25-3)9(2)7-20(14)18-15/h4-7,19H,1-3H3,(H,21,22). The molecular weight excluding hydrogens is 362 g/mol. The number of rotatable bonds is 5. The Bertz CT molecular complexity index is 1120. The highest BCUT2D eigenvalue weighted by atomic mass is 32.2. The van der Waals surface area contributed by atoms with Gasteiger partial charge in [-0.05, 0) is 25.5 Å². The lowest BCUT2D eigenvalue weighted by Gasteiger charge is -2.11. The monoisotopic (exact) mass is 377 g/mol. The van der Waals surface area contributed by atoms with Crippen LogP contribution in [0.1, 0.15) is 21.5 Å². The minimum absolute atomic E-state index is 0.0380. The number of aromatic carboxylic acids is 1. The molecule has 0 spiro atoms. The third-order valence-electron chi connectivity index (χ3n) is 3.62. The third-order valence-corrected chi connectivity index (χ3v) is 4.75. The van der Waals surface area contributed by atoms with Gasteiger partial charge in [0.05, 0.1) is 18.4 Å². The summed E-state index contributed by atoms with van der Waals surface area (Å²) in [4.78, 5) is 19.3. The van der Waals surface area contributed by atoms with Gasteiger partial charge in [-0.25, -0.2) is 9.31 Å². The van der Waals surface area contributed by atoms with Crippen molar-refractivity contribution in [2.75, 3.05) is 11.8 Å². The summed E-state index contributed by atoms with van der Waals surface area (Å²) in [6, 6.07) is 4.43. The summed E-state index contributed by atoms with van der Waals surface area (Å²) in [6.07, 6.45) is 1.53. The van der Waals surface area contributed by atoms with Gasteiger partial charge in [0.15, 0.2) is 0 Å². The Morgan fingerprint density at radius 1 is 1.23 bits per heavy atom. The van der Waals surface area contributed by atoms with E-state index in [1.54, 1.807) is 19.9 Å². The second kappa shape index (κ2) is 6.26. The first kappa shape index (κ1) is 17.6. The second-order valence-electron chi connectivity index (χ2n) is 5.48. The lowest BCUT2D eigenvalue weighted by atomic mass is 10.1. The number of carboxylic acid groups (broad SMARTS) is 1. The number of carbonyl (C=O) groups is 1. The van der Waals surface area contributed by atoms with E-state index in [9.17, 15) is 18.3 Å². The molecule has 0 aliphatic heterocycles. The number of benzene rings is 1. The smallest absolute Gasteiger partial charge is 0.337 e. The molecule has 3 rings (SSSR count). The van der Waals surface area contributed by atoms with Crippen molar-refractivity contribution in [2.24, 2.45) is 0 Å². The highest BCUT2D eigenvalue weighted by Gasteiger charge is 2.25. The first-order valence-corrected chi connectivity index (χ1v) is 8.85. The molecule has 0 amide bonds. The summed E-state index contributed by atoms with van der Waals surface area (Å²) in [7, 11) is -2.79. The highest BCUT2D eigenvalue weighted by Crippen LogP contribution is 2.24. The number of fused-ring (bicyclic) bond motifs is 1. The largest absolute Gasteiger partial charge is 0.481 e. The Kier molecular flexibility index (Phi) is 4.24. The molecule has 26 heavy (non-hydrogen) atoms. The number of hydrogen-bond acceptors (Lipinski definition) is 7. The van der Waals surface area contributed by atoms with E-state index in [0.29, 0.717) is 17.0 Å². The molecular formula is C15H15N5O5S. The van der Waals surface area contributed by atoms with Crippen LogP contribution < -0.4 is 9.46 Å². The predicted molar refractivity (Wildman–Crippen MR) is 91.0 cm³/mol. The molecule has 0 saturated heterocycles. The Labute approximate surface area is 148 Å². The molecule has 0 fully saturated rings. The van der Waals surface area contributed by atoms with Crippen LogP contribution in [0.5, 0.6) is 5.88 Å². The molecule has 3 aromatic rings. The van der Waals surface area contributed by atoms with Gasteiger partial charge in [-0.2, -0.15) is 18.4 Å². The quantitative estimate of drug-likeness (QED) is 0.678. The number of aromatic nitrogens is 4. The number of aryl methyl sites for hydroxylation is 2. The molecule has 1 aromatic carbocycles. The van der Waals surface area contributed by atoms with E-state index in [4.69, 9.17) is 4.74 Å². The van der Waals surface area contributed by atoms with Crippen LogP contribution in [0.3, 0.4) is 0 Å². The van der Waals surface area contributed by atoms with Gasteiger partial charge in [0.25, 0.3) is 21.0 Å². The summed E-state index contributed by atoms with van der Waals surface area (Å²) in [5, 5.41) is 12.6. The highest BCUT2D eigenvalue weighted by molar-refractivity contribution is 7.92. The van der Waals surface area contributed by atoms with Crippen molar-refractivity contribution in [1.82, 2.24) is 19.6 Å². The molecule has 2 N–H and O–H groups in total. The average Bonchev–Trinajstić information content (AvgIpc) is 2.99. The van der Waals surface area contributed by atoms with Crippen molar-refractivity contribution >= 4 is 27.5 Å². The van der Waals surface area contributed by atoms with Gasteiger partial charge in [0, 0.05) is 11.8 Å². The van der Waals surface area contributed by atoms with Crippen molar-refractivity contribution in [1.29, 1.82) is 0 Å². The van der Waals surface area contributed by atoms with Crippen LogP contribution in [0.4, 0.5) is 5.69 Å². The number of nitrogens with zero attached hydrogens (tertiary/aromatic N) is 4. The number of carboxylic acids is 1. The van der Waals surface area contributed by atoms with Crippen molar-refractivity contribution in [3.63, 3.8) is 0 Å². The van der Waals surface area contributed by atoms with Crippen LogP contribution in [0.2, 0.25) is 0 Å². The Morgan fingerprint density at radius 3 is 2.62 bits per heavy atom. The summed E-state index contributed by atoms with van der Waals surface area (Å²) in [5.41, 5.74) is 0.885. The van der Waals surface area contributed by atoms with E-state index in [-0.39, 0.29) is 17.0 Å². The summed E-state index contributed by atoms with van der Waals surface area (Å²) < 4.78 is 33.8. The van der Waals surface area contributed by atoms with E-state index in [2.05, 4.69) is 19.8 Å². The average molecular weight is 377 g/mol. The zero-order chi connectivity index (χ0) is 19.1. The molecule has 11 heteroatoms. The lowest BCUT2D eigenvalue weighted by Crippen LogP contribution is -2.18. The number of hydrogen-bond donors (Lipinski definition) is 2. The fraction of sp³-hybridized carbons (Fsp3) is 0.200. The van der Waals surface area contributed by atoms with Gasteiger partial charge in [0.1, 0.15) is 0 Å². The van der Waals surface area contributed by atoms with Crippen molar-refractivity contribution in [3.8, 4) is 5.88 Å². The van der Waals surface area contributed by atoms with E-state index < -0.39 is 21.1 Å². The molecule has 0 radical (unpaired) electrons. The maximum atomic E-state index is 12.6. The number of sulfonamides is 1. The molecule has 2 heterocycles. The molecule has 2 aromatic heterocycles. The molecule has 136 valence electrons. The van der Waals surface area contributed by atoms with Crippen molar-refractivity contribution in [3.05, 3.63) is 41.1 Å². The van der Waals surface area contributed by atoms with Crippen molar-refractivity contribution in [2.45, 2.75) is 19.0 Å². The normalized spacial score (nSPS) is 11.5. The predicted octanol–water partition coefficient (Wildman–Crippen LogP) is 1.25. The Balaban J connectivity index is 2.07. The second-order valence-corrected chi connectivity index (χ2v) is 7.06. The number of methoxy groups -OCH3 is 1. The van der Waals surface area contributed by atoms with Gasteiger partial charge < -0.3 is 9.84 Å². The maximum absolute atomic E-state index is 12.6. The van der Waals surface area contributed by atoms with Crippen LogP contribution in [0.15, 0.2) is 29.6 Å². The van der Waals surface area contributed by atoms with Crippen LogP contribution in [0, 0.1) is 13.8 Å². The number of ether oxygens (including phenoxy) is 1. The Hall–Kier alpha value is -3.21. The van der Waals surface area contributed by atoms with Crippen LogP contribution in [0.25, 0.3) is 5.78 Å². The van der Waals surface area contributed by atoms with E-state index in [1.165, 1.54) is 30.0 Å². The lowest BCUT2D eigenvalue weighted by molar-refractivity contribution is 0.0698. The van der Waals surface area contributed by atoms with Crippen LogP contribution >= 0.6 is 0 Å². The van der Waals surface area contributed by atoms with Gasteiger partial charge in [-0.1, -0.05) is 12.1 Å². The van der Waals surface area contributed by atoms with E-state index in [0.717, 1.165) is 0 Å². The maximum Gasteiger partial charge on any atom is 0.337 e. The van der Waals surface area contributed by atoms with Crippen LogP contribution in [-0.4, -0.2) is 46.2 Å². The topological polar surface area (TPSA) is 136 Å². The number of anilines is 1. The zero-order valence-electron chi connectivity index (χ0n) is 14.1. The minimum atomic E-state index is -4.22. The van der Waals surface area contributed by atoms with Gasteiger partial charge in [0.2, 0.25) is 5.88 Å². The molecule has 0 aliphatic rings. The van der Waals surface area contributed by atoms with Crippen molar-refractivity contribution < 1.29 is 23.1 Å². The molecule has 0 atom stereocenters. The summed E-state index contributed by atoms with van der Waals surface area (Å²) in [6.45, 7) is 3.32. The Morgan fingerprint density at radius 2 is 1.96 bits per heavy atom. The fourth-order valence-corrected chi connectivity index (χ4v) is 3.39. The third kappa shape index (κ3) is 3.04.